The number of aromatic nitrogens is 1. The van der Waals surface area contributed by atoms with Crippen LogP contribution in [0, 0.1) is 12.8 Å². The van der Waals surface area contributed by atoms with Crippen LogP contribution in [0.5, 0.6) is 0 Å². The van der Waals surface area contributed by atoms with E-state index in [2.05, 4.69) is 15.3 Å². The molecule has 1 aromatic heterocycles. The minimum atomic E-state index is 0.0777. The molecule has 1 aliphatic rings. The summed E-state index contributed by atoms with van der Waals surface area (Å²) in [4.78, 5) is 19.9. The van der Waals surface area contributed by atoms with Gasteiger partial charge in [-0.05, 0) is 38.8 Å². The summed E-state index contributed by atoms with van der Waals surface area (Å²) in [6.07, 6.45) is 2.00. The fourth-order valence-corrected chi connectivity index (χ4v) is 1.42. The van der Waals surface area contributed by atoms with Gasteiger partial charge in [-0.2, -0.15) is 0 Å². The van der Waals surface area contributed by atoms with E-state index in [1.807, 2.05) is 25.1 Å². The Morgan fingerprint density at radius 1 is 1.50 bits per heavy atom. The number of nitrogens with one attached hydrogen (secondary N) is 1. The monoisotopic (exact) mass is 217 g/mol. The lowest BCUT2D eigenvalue weighted by Gasteiger charge is -2.03. The van der Waals surface area contributed by atoms with E-state index in [9.17, 15) is 4.79 Å². The summed E-state index contributed by atoms with van der Waals surface area (Å²) in [5.41, 5.74) is 0.919. The van der Waals surface area contributed by atoms with Gasteiger partial charge in [0, 0.05) is 11.6 Å². The average Bonchev–Trinajstić information content (AvgIpc) is 2.99. The van der Waals surface area contributed by atoms with E-state index in [1.165, 1.54) is 0 Å². The van der Waals surface area contributed by atoms with Crippen LogP contribution in [0.25, 0.3) is 0 Å². The van der Waals surface area contributed by atoms with E-state index in [4.69, 9.17) is 0 Å². The van der Waals surface area contributed by atoms with Crippen molar-refractivity contribution in [2.75, 3.05) is 0 Å². The summed E-state index contributed by atoms with van der Waals surface area (Å²) in [5, 5.41) is 2.78. The number of hydrogen-bond donors (Lipinski definition) is 1. The van der Waals surface area contributed by atoms with E-state index in [0.29, 0.717) is 11.7 Å². The first-order valence-electron chi connectivity index (χ1n) is 5.45. The van der Waals surface area contributed by atoms with Gasteiger partial charge in [0.2, 0.25) is 5.91 Å². The lowest BCUT2D eigenvalue weighted by atomic mass is 10.4. The number of carbonyl (C=O) groups is 1. The van der Waals surface area contributed by atoms with Crippen molar-refractivity contribution in [1.29, 1.82) is 0 Å². The Hall–Kier alpha value is -1.71. The summed E-state index contributed by atoms with van der Waals surface area (Å²) in [6.45, 7) is 3.70. The maximum atomic E-state index is 11.5. The van der Waals surface area contributed by atoms with Crippen molar-refractivity contribution in [3.8, 4) is 0 Å². The van der Waals surface area contributed by atoms with E-state index in [0.717, 1.165) is 18.5 Å². The van der Waals surface area contributed by atoms with Crippen LogP contribution in [0.15, 0.2) is 23.2 Å². The van der Waals surface area contributed by atoms with Gasteiger partial charge in [-0.3, -0.25) is 4.79 Å². The van der Waals surface area contributed by atoms with E-state index < -0.39 is 0 Å². The number of aryl methyl sites for hydroxylation is 1. The topological polar surface area (TPSA) is 54.4 Å². The minimum Gasteiger partial charge on any atom is -0.314 e. The highest BCUT2D eigenvalue weighted by molar-refractivity contribution is 5.99. The second-order valence-electron chi connectivity index (χ2n) is 4.10. The molecule has 0 unspecified atom stereocenters. The Kier molecular flexibility index (Phi) is 2.99. The van der Waals surface area contributed by atoms with Gasteiger partial charge in [-0.15, -0.1) is 0 Å². The predicted molar refractivity (Wildman–Crippen MR) is 62.6 cm³/mol. The molecule has 1 fully saturated rings. The smallest absolute Gasteiger partial charge is 0.228 e. The third-order valence-corrected chi connectivity index (χ3v) is 2.41. The normalized spacial score (nSPS) is 16.0. The molecule has 0 radical (unpaired) electrons. The summed E-state index contributed by atoms with van der Waals surface area (Å²) in [7, 11) is 0. The largest absolute Gasteiger partial charge is 0.314 e. The van der Waals surface area contributed by atoms with Gasteiger partial charge >= 0.3 is 0 Å². The Balaban J connectivity index is 2.02. The highest BCUT2D eigenvalue weighted by Crippen LogP contribution is 2.28. The van der Waals surface area contributed by atoms with Gasteiger partial charge < -0.3 is 5.32 Å². The predicted octanol–water partition coefficient (Wildman–Crippen LogP) is 1.97. The summed E-state index contributed by atoms with van der Waals surface area (Å²) in [6, 6.07) is 5.63. The Labute approximate surface area is 94.8 Å². The van der Waals surface area contributed by atoms with Crippen LogP contribution in [0.2, 0.25) is 0 Å². The lowest BCUT2D eigenvalue weighted by Crippen LogP contribution is -2.29. The number of aliphatic imine (C=N–C) groups is 1. The Morgan fingerprint density at radius 3 is 2.88 bits per heavy atom. The third kappa shape index (κ3) is 2.89. The van der Waals surface area contributed by atoms with E-state index >= 15 is 0 Å². The number of hydrogen-bond acceptors (Lipinski definition) is 3. The van der Waals surface area contributed by atoms with Crippen LogP contribution in [0.4, 0.5) is 5.82 Å². The van der Waals surface area contributed by atoms with Gasteiger partial charge in [0.1, 0.15) is 5.84 Å². The lowest BCUT2D eigenvalue weighted by molar-refractivity contribution is -0.120. The Bertz CT molecular complexity index is 436. The molecule has 4 heteroatoms. The van der Waals surface area contributed by atoms with Gasteiger partial charge in [0.25, 0.3) is 0 Å². The van der Waals surface area contributed by atoms with Crippen LogP contribution in [-0.2, 0) is 4.79 Å². The standard InChI is InChI=1S/C12H15N3O/c1-8-4-3-5-11(13-8)14-9(2)15-12(16)10-6-7-10/h3-5,10H,6-7H2,1-2H3,(H,13,14,15,16). The van der Waals surface area contributed by atoms with Crippen molar-refractivity contribution in [3.05, 3.63) is 23.9 Å². The van der Waals surface area contributed by atoms with Gasteiger partial charge in [0.15, 0.2) is 5.82 Å². The van der Waals surface area contributed by atoms with Crippen molar-refractivity contribution >= 4 is 17.6 Å². The van der Waals surface area contributed by atoms with E-state index in [1.54, 1.807) is 6.92 Å². The molecular weight excluding hydrogens is 202 g/mol. The number of pyridine rings is 1. The Morgan fingerprint density at radius 2 is 2.25 bits per heavy atom. The highest BCUT2D eigenvalue weighted by atomic mass is 16.2. The molecule has 0 aliphatic heterocycles. The zero-order valence-corrected chi connectivity index (χ0v) is 9.53. The maximum Gasteiger partial charge on any atom is 0.228 e. The molecule has 0 atom stereocenters. The van der Waals surface area contributed by atoms with Crippen LogP contribution in [-0.4, -0.2) is 16.7 Å². The van der Waals surface area contributed by atoms with Crippen LogP contribution >= 0.6 is 0 Å². The second kappa shape index (κ2) is 4.43. The first-order valence-corrected chi connectivity index (χ1v) is 5.45. The van der Waals surface area contributed by atoms with Crippen LogP contribution < -0.4 is 5.32 Å². The van der Waals surface area contributed by atoms with Crippen molar-refractivity contribution < 1.29 is 4.79 Å². The number of amidine groups is 1. The summed E-state index contributed by atoms with van der Waals surface area (Å²) in [5.74, 6) is 1.52. The van der Waals surface area contributed by atoms with Crippen molar-refractivity contribution in [2.24, 2.45) is 10.9 Å². The van der Waals surface area contributed by atoms with Crippen molar-refractivity contribution in [2.45, 2.75) is 26.7 Å². The molecule has 0 saturated heterocycles. The van der Waals surface area contributed by atoms with Crippen LogP contribution in [0.1, 0.15) is 25.5 Å². The molecule has 0 spiro atoms. The zero-order valence-electron chi connectivity index (χ0n) is 9.53. The highest BCUT2D eigenvalue weighted by Gasteiger charge is 2.29. The first kappa shape index (κ1) is 10.8. The zero-order chi connectivity index (χ0) is 11.5. The second-order valence-corrected chi connectivity index (χ2v) is 4.10. The molecule has 1 aliphatic carbocycles. The molecule has 2 rings (SSSR count). The molecule has 16 heavy (non-hydrogen) atoms. The van der Waals surface area contributed by atoms with Gasteiger partial charge in [-0.25, -0.2) is 9.98 Å². The maximum absolute atomic E-state index is 11.5. The molecule has 1 aromatic rings. The van der Waals surface area contributed by atoms with Gasteiger partial charge in [0.05, 0.1) is 0 Å². The van der Waals surface area contributed by atoms with Crippen molar-refractivity contribution in [1.82, 2.24) is 10.3 Å². The minimum absolute atomic E-state index is 0.0777. The molecule has 0 bridgehead atoms. The summed E-state index contributed by atoms with van der Waals surface area (Å²) >= 11 is 0. The number of carbonyl (C=O) groups excluding carboxylic acids is 1. The fraction of sp³-hybridized carbons (Fsp3) is 0.417. The molecule has 1 heterocycles. The quantitative estimate of drug-likeness (QED) is 0.608. The molecule has 1 saturated carbocycles. The van der Waals surface area contributed by atoms with Crippen molar-refractivity contribution in [3.63, 3.8) is 0 Å². The molecule has 4 nitrogen and oxygen atoms in total. The SMILES string of the molecule is CC(=Nc1cccc(C)n1)NC(=O)C1CC1. The third-order valence-electron chi connectivity index (χ3n) is 2.41. The van der Waals surface area contributed by atoms with E-state index in [-0.39, 0.29) is 11.8 Å². The number of amides is 1. The molecule has 0 aromatic carbocycles. The summed E-state index contributed by atoms with van der Waals surface area (Å²) < 4.78 is 0. The molecule has 1 amide bonds. The number of nitrogens with zero attached hydrogens (tertiary/aromatic N) is 2. The fourth-order valence-electron chi connectivity index (χ4n) is 1.42. The molecular formula is C12H15N3O. The van der Waals surface area contributed by atoms with Crippen LogP contribution in [0.3, 0.4) is 0 Å². The van der Waals surface area contributed by atoms with Gasteiger partial charge in [-0.1, -0.05) is 6.07 Å². The molecule has 84 valence electrons. The first-order chi connectivity index (χ1) is 7.65. The number of rotatable bonds is 2. The molecule has 1 N–H and O–H groups in total. The average molecular weight is 217 g/mol.